The minimum Gasteiger partial charge on any atom is -0.586 e. The highest BCUT2D eigenvalue weighted by molar-refractivity contribution is 8.78. The van der Waals surface area contributed by atoms with Crippen molar-refractivity contribution < 1.29 is 8.29 Å². The van der Waals surface area contributed by atoms with Gasteiger partial charge in [-0.3, -0.25) is 0 Å². The second kappa shape index (κ2) is 4.36. The van der Waals surface area contributed by atoms with Crippen molar-refractivity contribution >= 4 is 43.0 Å². The summed E-state index contributed by atoms with van der Waals surface area (Å²) in [6, 6.07) is 0. The van der Waals surface area contributed by atoms with Crippen LogP contribution in [0.2, 0.25) is 0 Å². The zero-order valence-corrected chi connectivity index (χ0v) is 5.53. The van der Waals surface area contributed by atoms with Crippen molar-refractivity contribution in [2.75, 3.05) is 0 Å². The molecule has 0 aliphatic heterocycles. The summed E-state index contributed by atoms with van der Waals surface area (Å²) in [5.41, 5.74) is 0. The molecule has 0 radical (unpaired) electrons. The monoisotopic (exact) mass is 166 g/mol. The SMILES string of the molecule is [O-][S+](Cl)SOCl. The first-order valence-corrected chi connectivity index (χ1v) is 4.35. The molecule has 0 aromatic carbocycles. The van der Waals surface area contributed by atoms with Crippen LogP contribution in [0, 0.1) is 0 Å². The van der Waals surface area contributed by atoms with Crippen molar-refractivity contribution in [3.63, 3.8) is 0 Å². The predicted molar refractivity (Wildman–Crippen MR) is 28.5 cm³/mol. The molecule has 0 aromatic heterocycles. The number of hydrogen-bond acceptors (Lipinski definition) is 3. The molecule has 0 aromatic rings. The Labute approximate surface area is 51.6 Å². The Kier molecular flexibility index (Phi) is 5.23. The van der Waals surface area contributed by atoms with Gasteiger partial charge in [0.2, 0.25) is 0 Å². The van der Waals surface area contributed by atoms with Gasteiger partial charge < -0.3 is 4.55 Å². The van der Waals surface area contributed by atoms with Crippen molar-refractivity contribution in [2.45, 2.75) is 0 Å². The van der Waals surface area contributed by atoms with Crippen LogP contribution >= 0.6 is 33.6 Å². The van der Waals surface area contributed by atoms with Crippen LogP contribution in [0.25, 0.3) is 0 Å². The summed E-state index contributed by atoms with van der Waals surface area (Å²) in [7, 11) is 3.27. The molecule has 1 unspecified atom stereocenters. The molecule has 0 N–H and O–H groups in total. The lowest BCUT2D eigenvalue weighted by Gasteiger charge is -1.86. The Balaban J connectivity index is 2.63. The van der Waals surface area contributed by atoms with Crippen LogP contribution in [0.5, 0.6) is 0 Å². The van der Waals surface area contributed by atoms with E-state index in [9.17, 15) is 4.55 Å². The number of hydrogen-bond donors (Lipinski definition) is 0. The zero-order valence-electron chi connectivity index (χ0n) is 2.39. The van der Waals surface area contributed by atoms with Gasteiger partial charge in [-0.2, -0.15) is 3.74 Å². The van der Waals surface area contributed by atoms with Crippen molar-refractivity contribution in [1.29, 1.82) is 0 Å². The minimum atomic E-state index is -1.53. The molecule has 0 amide bonds. The summed E-state index contributed by atoms with van der Waals surface area (Å²) in [5.74, 6) is 0. The van der Waals surface area contributed by atoms with E-state index in [4.69, 9.17) is 10.7 Å². The summed E-state index contributed by atoms with van der Waals surface area (Å²) in [6.45, 7) is 0. The zero-order chi connectivity index (χ0) is 4.99. The first-order valence-electron chi connectivity index (χ1n) is 0.809. The summed E-state index contributed by atoms with van der Waals surface area (Å²) in [6.07, 6.45) is 0. The van der Waals surface area contributed by atoms with E-state index >= 15 is 0 Å². The molecular weight excluding hydrogens is 167 g/mol. The highest BCUT2D eigenvalue weighted by atomic mass is 35.8. The third-order valence-electron chi connectivity index (χ3n) is 0.0792. The Bertz CT molecular complexity index is 30.7. The van der Waals surface area contributed by atoms with E-state index in [0.717, 1.165) is 0 Å². The second-order valence-corrected chi connectivity index (χ2v) is 4.06. The summed E-state index contributed by atoms with van der Waals surface area (Å²) >= 11 is 5.07. The third kappa shape index (κ3) is 5.20. The topological polar surface area (TPSA) is 32.3 Å². The molecule has 6 heteroatoms. The molecule has 0 saturated heterocycles. The Morgan fingerprint density at radius 2 is 2.33 bits per heavy atom. The van der Waals surface area contributed by atoms with Crippen LogP contribution < -0.4 is 0 Å². The van der Waals surface area contributed by atoms with E-state index in [-0.39, 0.29) is 0 Å². The molecule has 1 atom stereocenters. The van der Waals surface area contributed by atoms with Gasteiger partial charge in [0, 0.05) is 0 Å². The van der Waals surface area contributed by atoms with Crippen molar-refractivity contribution in [1.82, 2.24) is 0 Å². The van der Waals surface area contributed by atoms with Gasteiger partial charge in [0.25, 0.3) is 11.1 Å². The van der Waals surface area contributed by atoms with E-state index < -0.39 is 9.42 Å². The third-order valence-corrected chi connectivity index (χ3v) is 1.64. The number of rotatable bonds is 2. The first kappa shape index (κ1) is 7.20. The fourth-order valence-corrected chi connectivity index (χ4v) is 1.07. The van der Waals surface area contributed by atoms with Crippen LogP contribution in [-0.2, 0) is 13.2 Å². The second-order valence-electron chi connectivity index (χ2n) is 0.325. The van der Waals surface area contributed by atoms with Gasteiger partial charge in [0.15, 0.2) is 20.1 Å². The smallest absolute Gasteiger partial charge is 0.298 e. The largest absolute Gasteiger partial charge is 0.586 e. The van der Waals surface area contributed by atoms with Gasteiger partial charge in [-0.15, -0.1) is 0 Å². The van der Waals surface area contributed by atoms with Gasteiger partial charge in [-0.05, 0) is 0 Å². The Morgan fingerprint density at radius 3 is 2.33 bits per heavy atom. The first-order chi connectivity index (χ1) is 2.77. The normalized spacial score (nSPS) is 14.5. The van der Waals surface area contributed by atoms with Gasteiger partial charge in [0.05, 0.1) is 11.9 Å². The summed E-state index contributed by atoms with van der Waals surface area (Å²) < 4.78 is 13.4. The standard InChI is InChI=1S/Cl2O2S2/c1-4-5-6(2)3. The predicted octanol–water partition coefficient (Wildman–Crippen LogP) is 1.62. The maximum Gasteiger partial charge on any atom is 0.298 e. The molecule has 38 valence electrons. The highest BCUT2D eigenvalue weighted by Crippen LogP contribution is 2.18. The molecule has 0 heterocycles. The van der Waals surface area contributed by atoms with E-state index in [2.05, 4.69) is 15.6 Å². The van der Waals surface area contributed by atoms with Crippen molar-refractivity contribution in [2.24, 2.45) is 0 Å². The van der Waals surface area contributed by atoms with Crippen LogP contribution in [0.3, 0.4) is 0 Å². The van der Waals surface area contributed by atoms with Gasteiger partial charge in [-0.25, -0.2) is 0 Å². The van der Waals surface area contributed by atoms with Crippen LogP contribution in [0.1, 0.15) is 0 Å². The van der Waals surface area contributed by atoms with E-state index in [1.54, 1.807) is 0 Å². The van der Waals surface area contributed by atoms with Gasteiger partial charge >= 0.3 is 0 Å². The quantitative estimate of drug-likeness (QED) is 0.356. The Morgan fingerprint density at radius 1 is 1.83 bits per heavy atom. The lowest BCUT2D eigenvalue weighted by atomic mass is 15.9. The van der Waals surface area contributed by atoms with Crippen molar-refractivity contribution in [3.8, 4) is 0 Å². The fourth-order valence-electron chi connectivity index (χ4n) is 0.0202. The summed E-state index contributed by atoms with van der Waals surface area (Å²) in [5, 5.41) is 0. The fraction of sp³-hybridized carbons (Fsp3) is 0. The molecule has 0 rings (SSSR count). The molecule has 0 saturated carbocycles. The van der Waals surface area contributed by atoms with E-state index in [1.807, 2.05) is 0 Å². The van der Waals surface area contributed by atoms with E-state index in [1.165, 1.54) is 0 Å². The molecule has 0 bridgehead atoms. The lowest BCUT2D eigenvalue weighted by Crippen LogP contribution is -1.74. The van der Waals surface area contributed by atoms with Crippen LogP contribution in [-0.4, -0.2) is 4.55 Å². The molecule has 6 heavy (non-hydrogen) atoms. The maximum atomic E-state index is 9.67. The molecule has 0 fully saturated rings. The van der Waals surface area contributed by atoms with Crippen LogP contribution in [0.15, 0.2) is 0 Å². The van der Waals surface area contributed by atoms with Gasteiger partial charge in [-0.1, -0.05) is 0 Å². The average molecular weight is 167 g/mol. The lowest BCUT2D eigenvalue weighted by molar-refractivity contribution is 0.618. The number of halogens is 2. The minimum absolute atomic E-state index is 0.489. The average Bonchev–Trinajstić information content (AvgIpc) is 1.35. The molecular formula is Cl2O2S2. The molecule has 0 aliphatic carbocycles. The molecule has 0 spiro atoms. The molecule has 2 nitrogen and oxygen atoms in total. The van der Waals surface area contributed by atoms with Crippen LogP contribution in [0.4, 0.5) is 0 Å². The van der Waals surface area contributed by atoms with Crippen molar-refractivity contribution in [3.05, 3.63) is 0 Å². The highest BCUT2D eigenvalue weighted by Gasteiger charge is 2.01. The molecule has 0 aliphatic rings. The maximum absolute atomic E-state index is 9.67. The summed E-state index contributed by atoms with van der Waals surface area (Å²) in [4.78, 5) is 0. The Hall–Kier alpha value is 1.20. The van der Waals surface area contributed by atoms with E-state index in [0.29, 0.717) is 11.1 Å². The van der Waals surface area contributed by atoms with Gasteiger partial charge in [0.1, 0.15) is 0 Å².